The topological polar surface area (TPSA) is 107 Å². The molecule has 1 aliphatic heterocycles. The minimum Gasteiger partial charge on any atom is -0.497 e. The fourth-order valence-electron chi connectivity index (χ4n) is 3.25. The molecule has 2 aromatic heterocycles. The Hall–Kier alpha value is -3.05. The van der Waals surface area contributed by atoms with Crippen molar-refractivity contribution in [2.75, 3.05) is 44.9 Å². The Morgan fingerprint density at radius 2 is 1.81 bits per heavy atom. The minimum absolute atomic E-state index is 0.0118. The first-order chi connectivity index (χ1) is 15.1. The zero-order valence-electron chi connectivity index (χ0n) is 16.9. The monoisotopic (exact) mass is 458 g/mol. The SMILES string of the molecule is COc1ccc(-c2nnc(SCC(=O)N3CCN(C(=O)c4cccs4)CC3)n2N)cc1. The van der Waals surface area contributed by atoms with Crippen molar-refractivity contribution in [2.45, 2.75) is 5.16 Å². The van der Waals surface area contributed by atoms with Crippen LogP contribution in [0.4, 0.5) is 0 Å². The number of thiophene rings is 1. The molecule has 3 aromatic rings. The van der Waals surface area contributed by atoms with Crippen LogP contribution in [0.15, 0.2) is 46.9 Å². The summed E-state index contributed by atoms with van der Waals surface area (Å²) in [6.45, 7) is 2.09. The van der Waals surface area contributed by atoms with Gasteiger partial charge in [-0.2, -0.15) is 0 Å². The molecule has 162 valence electrons. The molecule has 0 bridgehead atoms. The molecule has 0 aliphatic carbocycles. The molecule has 9 nitrogen and oxygen atoms in total. The van der Waals surface area contributed by atoms with Gasteiger partial charge in [-0.15, -0.1) is 21.5 Å². The van der Waals surface area contributed by atoms with Gasteiger partial charge in [-0.25, -0.2) is 4.68 Å². The molecule has 1 fully saturated rings. The number of benzene rings is 1. The molecular formula is C20H22N6O3S2. The van der Waals surface area contributed by atoms with E-state index in [1.54, 1.807) is 16.9 Å². The molecule has 2 N–H and O–H groups in total. The minimum atomic E-state index is -0.0118. The zero-order chi connectivity index (χ0) is 21.8. The van der Waals surface area contributed by atoms with Crippen molar-refractivity contribution < 1.29 is 14.3 Å². The van der Waals surface area contributed by atoms with Crippen LogP contribution in [-0.4, -0.2) is 75.5 Å². The van der Waals surface area contributed by atoms with E-state index in [-0.39, 0.29) is 17.6 Å². The van der Waals surface area contributed by atoms with Crippen LogP contribution in [0.2, 0.25) is 0 Å². The number of amides is 2. The van der Waals surface area contributed by atoms with Gasteiger partial charge in [0, 0.05) is 31.7 Å². The maximum absolute atomic E-state index is 12.6. The van der Waals surface area contributed by atoms with Crippen molar-refractivity contribution in [3.63, 3.8) is 0 Å². The van der Waals surface area contributed by atoms with Gasteiger partial charge in [0.15, 0.2) is 5.82 Å². The number of hydrogen-bond acceptors (Lipinski definition) is 8. The first-order valence-electron chi connectivity index (χ1n) is 9.65. The average Bonchev–Trinajstić information content (AvgIpc) is 3.47. The molecule has 1 aliphatic rings. The summed E-state index contributed by atoms with van der Waals surface area (Å²) in [7, 11) is 1.60. The Kier molecular flexibility index (Phi) is 6.42. The van der Waals surface area contributed by atoms with Crippen molar-refractivity contribution in [1.29, 1.82) is 0 Å². The highest BCUT2D eigenvalue weighted by Crippen LogP contribution is 2.24. The van der Waals surface area contributed by atoms with E-state index in [9.17, 15) is 9.59 Å². The lowest BCUT2D eigenvalue weighted by Crippen LogP contribution is -2.51. The molecule has 0 unspecified atom stereocenters. The van der Waals surface area contributed by atoms with Crippen molar-refractivity contribution in [3.05, 3.63) is 46.7 Å². The van der Waals surface area contributed by atoms with Crippen LogP contribution in [0.3, 0.4) is 0 Å². The van der Waals surface area contributed by atoms with Crippen LogP contribution >= 0.6 is 23.1 Å². The van der Waals surface area contributed by atoms with E-state index in [2.05, 4.69) is 10.2 Å². The van der Waals surface area contributed by atoms with Crippen LogP contribution in [0, 0.1) is 0 Å². The Bertz CT molecular complexity index is 1040. The van der Waals surface area contributed by atoms with Gasteiger partial charge < -0.3 is 20.4 Å². The van der Waals surface area contributed by atoms with Gasteiger partial charge in [0.05, 0.1) is 17.7 Å². The maximum atomic E-state index is 12.6. The lowest BCUT2D eigenvalue weighted by Gasteiger charge is -2.34. The summed E-state index contributed by atoms with van der Waals surface area (Å²) < 4.78 is 6.55. The second-order valence-electron chi connectivity index (χ2n) is 6.84. The van der Waals surface area contributed by atoms with Crippen molar-refractivity contribution in [1.82, 2.24) is 24.7 Å². The van der Waals surface area contributed by atoms with Crippen molar-refractivity contribution in [2.24, 2.45) is 0 Å². The third-order valence-corrected chi connectivity index (χ3v) is 6.77. The molecule has 0 radical (unpaired) electrons. The standard InChI is InChI=1S/C20H22N6O3S2/c1-29-15-6-4-14(5-7-15)18-22-23-20(26(18)21)31-13-17(27)24-8-10-25(11-9-24)19(28)16-3-2-12-30-16/h2-7,12H,8-11,13,21H2,1H3. The number of piperazine rings is 1. The van der Waals surface area contributed by atoms with Crippen molar-refractivity contribution >= 4 is 34.9 Å². The normalized spacial score (nSPS) is 14.0. The second-order valence-corrected chi connectivity index (χ2v) is 8.73. The highest BCUT2D eigenvalue weighted by Gasteiger charge is 2.25. The Labute approximate surface area is 187 Å². The van der Waals surface area contributed by atoms with Crippen LogP contribution < -0.4 is 10.6 Å². The van der Waals surface area contributed by atoms with E-state index < -0.39 is 0 Å². The summed E-state index contributed by atoms with van der Waals surface area (Å²) in [6, 6.07) is 11.0. The number of nitrogen functional groups attached to an aromatic ring is 1. The second kappa shape index (κ2) is 9.40. The van der Waals surface area contributed by atoms with Gasteiger partial charge in [0.1, 0.15) is 5.75 Å². The highest BCUT2D eigenvalue weighted by molar-refractivity contribution is 7.99. The third kappa shape index (κ3) is 4.67. The molecule has 4 rings (SSSR count). The number of methoxy groups -OCH3 is 1. The number of nitrogens with zero attached hydrogens (tertiary/aromatic N) is 5. The molecule has 11 heteroatoms. The lowest BCUT2D eigenvalue weighted by atomic mass is 10.2. The lowest BCUT2D eigenvalue weighted by molar-refractivity contribution is -0.129. The van der Waals surface area contributed by atoms with Gasteiger partial charge >= 0.3 is 0 Å². The quantitative estimate of drug-likeness (QED) is 0.443. The molecule has 3 heterocycles. The molecule has 0 atom stereocenters. The van der Waals surface area contributed by atoms with Crippen molar-refractivity contribution in [3.8, 4) is 17.1 Å². The summed E-state index contributed by atoms with van der Waals surface area (Å²) in [4.78, 5) is 29.3. The van der Waals surface area contributed by atoms with E-state index in [0.29, 0.717) is 37.2 Å². The summed E-state index contributed by atoms with van der Waals surface area (Å²) in [5.74, 6) is 7.61. The van der Waals surface area contributed by atoms with Gasteiger partial charge in [0.25, 0.3) is 5.91 Å². The van der Waals surface area contributed by atoms with Gasteiger partial charge in [-0.3, -0.25) is 9.59 Å². The number of rotatable bonds is 6. The Balaban J connectivity index is 1.30. The van der Waals surface area contributed by atoms with Crippen LogP contribution in [0.5, 0.6) is 5.75 Å². The number of carbonyl (C=O) groups is 2. The van der Waals surface area contributed by atoms with Crippen LogP contribution in [0.1, 0.15) is 9.67 Å². The van der Waals surface area contributed by atoms with Gasteiger partial charge in [-0.1, -0.05) is 17.8 Å². The molecule has 31 heavy (non-hydrogen) atoms. The van der Waals surface area contributed by atoms with Gasteiger partial charge in [-0.05, 0) is 35.7 Å². The Morgan fingerprint density at radius 1 is 1.10 bits per heavy atom. The number of carbonyl (C=O) groups excluding carboxylic acids is 2. The number of hydrogen-bond donors (Lipinski definition) is 1. The fourth-order valence-corrected chi connectivity index (χ4v) is 4.70. The molecular weight excluding hydrogens is 436 g/mol. The molecule has 1 aromatic carbocycles. The highest BCUT2D eigenvalue weighted by atomic mass is 32.2. The predicted molar refractivity (Wildman–Crippen MR) is 120 cm³/mol. The number of ether oxygens (including phenoxy) is 1. The largest absolute Gasteiger partial charge is 0.497 e. The first kappa shape index (κ1) is 21.2. The zero-order valence-corrected chi connectivity index (χ0v) is 18.6. The first-order valence-corrected chi connectivity index (χ1v) is 11.5. The number of thioether (sulfide) groups is 1. The van der Waals surface area contributed by atoms with E-state index in [4.69, 9.17) is 10.6 Å². The van der Waals surface area contributed by atoms with E-state index in [1.165, 1.54) is 27.8 Å². The summed E-state index contributed by atoms with van der Waals surface area (Å²) in [5.41, 5.74) is 0.806. The smallest absolute Gasteiger partial charge is 0.264 e. The van der Waals surface area contributed by atoms with E-state index in [0.717, 1.165) is 16.2 Å². The summed E-state index contributed by atoms with van der Waals surface area (Å²) >= 11 is 2.68. The molecule has 2 amide bonds. The van der Waals surface area contributed by atoms with Gasteiger partial charge in [0.2, 0.25) is 11.1 Å². The van der Waals surface area contributed by atoms with E-state index >= 15 is 0 Å². The average molecular weight is 459 g/mol. The molecule has 1 saturated heterocycles. The summed E-state index contributed by atoms with van der Waals surface area (Å²) in [5, 5.41) is 10.6. The third-order valence-electron chi connectivity index (χ3n) is 4.99. The number of nitrogens with two attached hydrogens (primary N) is 1. The Morgan fingerprint density at radius 3 is 2.45 bits per heavy atom. The maximum Gasteiger partial charge on any atom is 0.264 e. The predicted octanol–water partition coefficient (Wildman–Crippen LogP) is 1.81. The van der Waals surface area contributed by atoms with Crippen LogP contribution in [-0.2, 0) is 4.79 Å². The van der Waals surface area contributed by atoms with Crippen LogP contribution in [0.25, 0.3) is 11.4 Å². The fraction of sp³-hybridized carbons (Fsp3) is 0.300. The molecule has 0 saturated carbocycles. The molecule has 0 spiro atoms. The number of aromatic nitrogens is 3. The summed E-state index contributed by atoms with van der Waals surface area (Å²) in [6.07, 6.45) is 0. The van der Waals surface area contributed by atoms with E-state index in [1.807, 2.05) is 41.8 Å².